The monoisotopic (exact) mass is 379 g/mol. The molecular weight excluding hydrogens is 358 g/mol. The normalized spacial score (nSPS) is 16.7. The van der Waals surface area contributed by atoms with Crippen LogP contribution in [-0.4, -0.2) is 31.8 Å². The molecule has 1 aliphatic rings. The lowest BCUT2D eigenvalue weighted by atomic mass is 9.98. The molecule has 1 fully saturated rings. The van der Waals surface area contributed by atoms with Gasteiger partial charge in [-0.05, 0) is 48.4 Å². The van der Waals surface area contributed by atoms with Gasteiger partial charge in [0.2, 0.25) is 0 Å². The van der Waals surface area contributed by atoms with Crippen LogP contribution in [0.1, 0.15) is 25.3 Å². The van der Waals surface area contributed by atoms with Crippen molar-refractivity contribution >= 4 is 27.3 Å². The van der Waals surface area contributed by atoms with Crippen LogP contribution in [-0.2, 0) is 21.2 Å². The van der Waals surface area contributed by atoms with Gasteiger partial charge in [0.15, 0.2) is 0 Å². The number of carbonyl (C=O) groups is 1. The van der Waals surface area contributed by atoms with Gasteiger partial charge in [-0.15, -0.1) is 11.3 Å². The maximum Gasteiger partial charge on any atom is 0.314 e. The second-order valence-corrected chi connectivity index (χ2v) is 9.14. The molecule has 0 unspecified atom stereocenters. The Hall–Kier alpha value is -1.70. The lowest BCUT2D eigenvalue weighted by molar-refractivity contribution is -0.140. The number of esters is 1. The number of hydrogen-bond donors (Lipinski definition) is 0. The highest BCUT2D eigenvalue weighted by atomic mass is 32.2. The van der Waals surface area contributed by atoms with Crippen molar-refractivity contribution in [2.24, 2.45) is 5.92 Å². The van der Waals surface area contributed by atoms with E-state index in [1.54, 1.807) is 29.6 Å². The fraction of sp³-hybridized carbons (Fsp3) is 0.389. The molecule has 3 rings (SSSR count). The van der Waals surface area contributed by atoms with Crippen molar-refractivity contribution in [2.45, 2.75) is 30.4 Å². The van der Waals surface area contributed by atoms with Gasteiger partial charge in [0.05, 0.1) is 5.92 Å². The minimum absolute atomic E-state index is 0.263. The van der Waals surface area contributed by atoms with Crippen LogP contribution in [0, 0.1) is 5.92 Å². The highest BCUT2D eigenvalue weighted by molar-refractivity contribution is 7.91. The van der Waals surface area contributed by atoms with Crippen LogP contribution in [0.3, 0.4) is 0 Å². The molecule has 0 aliphatic carbocycles. The van der Waals surface area contributed by atoms with E-state index >= 15 is 0 Å². The fourth-order valence-corrected chi connectivity index (χ4v) is 5.48. The highest BCUT2D eigenvalue weighted by Gasteiger charge is 2.33. The highest BCUT2D eigenvalue weighted by Crippen LogP contribution is 2.27. The molecule has 1 aromatic heterocycles. The van der Waals surface area contributed by atoms with Crippen LogP contribution in [0.4, 0.5) is 0 Å². The average molecular weight is 380 g/mol. The van der Waals surface area contributed by atoms with Crippen LogP contribution < -0.4 is 4.74 Å². The Morgan fingerprint density at radius 2 is 1.88 bits per heavy atom. The standard InChI is InChI=1S/C18H21NO4S2/c1-2-14-5-7-16(8-6-14)23-18(20)15-9-11-19(12-10-15)25(21,22)17-4-3-13-24-17/h3-8,13,15H,2,9-12H2,1H3. The predicted octanol–water partition coefficient (Wildman–Crippen LogP) is 3.32. The molecule has 1 aliphatic heterocycles. The number of carbonyl (C=O) groups excluding carboxylic acids is 1. The third-order valence-electron chi connectivity index (χ3n) is 4.43. The molecule has 0 atom stereocenters. The first-order valence-corrected chi connectivity index (χ1v) is 10.7. The Kier molecular flexibility index (Phi) is 5.56. The maximum absolute atomic E-state index is 12.5. The number of benzene rings is 1. The number of aryl methyl sites for hydroxylation is 1. The second-order valence-electron chi connectivity index (χ2n) is 6.03. The van der Waals surface area contributed by atoms with E-state index in [-0.39, 0.29) is 11.9 Å². The Bertz CT molecular complexity index is 805. The van der Waals surface area contributed by atoms with Crippen LogP contribution in [0.15, 0.2) is 46.0 Å². The minimum Gasteiger partial charge on any atom is -0.426 e. The number of sulfonamides is 1. The molecule has 0 amide bonds. The first-order chi connectivity index (χ1) is 12.0. The van der Waals surface area contributed by atoms with Crippen molar-refractivity contribution in [3.05, 3.63) is 47.3 Å². The summed E-state index contributed by atoms with van der Waals surface area (Å²) < 4.78 is 32.2. The van der Waals surface area contributed by atoms with Gasteiger partial charge in [0.1, 0.15) is 9.96 Å². The first-order valence-electron chi connectivity index (χ1n) is 8.35. The lowest BCUT2D eigenvalue weighted by Gasteiger charge is -2.29. The predicted molar refractivity (Wildman–Crippen MR) is 97.3 cm³/mol. The molecule has 0 spiro atoms. The molecular formula is C18H21NO4S2. The van der Waals surface area contributed by atoms with Gasteiger partial charge < -0.3 is 4.74 Å². The molecule has 0 saturated carbocycles. The largest absolute Gasteiger partial charge is 0.426 e. The summed E-state index contributed by atoms with van der Waals surface area (Å²) in [7, 11) is -3.43. The number of hydrogen-bond acceptors (Lipinski definition) is 5. The number of ether oxygens (including phenoxy) is 1. The topological polar surface area (TPSA) is 63.7 Å². The summed E-state index contributed by atoms with van der Waals surface area (Å²) in [6.45, 7) is 2.75. The molecule has 1 aromatic carbocycles. The van der Waals surface area contributed by atoms with Crippen LogP contribution in [0.2, 0.25) is 0 Å². The van der Waals surface area contributed by atoms with E-state index in [0.717, 1.165) is 6.42 Å². The summed E-state index contributed by atoms with van der Waals surface area (Å²) >= 11 is 1.21. The van der Waals surface area contributed by atoms with Gasteiger partial charge in [-0.1, -0.05) is 25.1 Å². The Morgan fingerprint density at radius 3 is 2.44 bits per heavy atom. The molecule has 5 nitrogen and oxygen atoms in total. The van der Waals surface area contributed by atoms with Crippen molar-refractivity contribution in [1.82, 2.24) is 4.31 Å². The zero-order valence-corrected chi connectivity index (χ0v) is 15.7. The van der Waals surface area contributed by atoms with Crippen LogP contribution in [0.5, 0.6) is 5.75 Å². The fourth-order valence-electron chi connectivity index (χ4n) is 2.86. The van der Waals surface area contributed by atoms with E-state index in [1.807, 2.05) is 12.1 Å². The number of thiophene rings is 1. The van der Waals surface area contributed by atoms with Crippen molar-refractivity contribution < 1.29 is 17.9 Å². The van der Waals surface area contributed by atoms with E-state index in [4.69, 9.17) is 4.74 Å². The van der Waals surface area contributed by atoms with Gasteiger partial charge in [0.25, 0.3) is 10.0 Å². The van der Waals surface area contributed by atoms with Gasteiger partial charge in [0, 0.05) is 13.1 Å². The van der Waals surface area contributed by atoms with E-state index in [9.17, 15) is 13.2 Å². The Morgan fingerprint density at radius 1 is 1.20 bits per heavy atom. The molecule has 0 N–H and O–H groups in total. The van der Waals surface area contributed by atoms with Crippen LogP contribution >= 0.6 is 11.3 Å². The van der Waals surface area contributed by atoms with Crippen molar-refractivity contribution in [3.63, 3.8) is 0 Å². The molecule has 0 bridgehead atoms. The third-order valence-corrected chi connectivity index (χ3v) is 7.70. The van der Waals surface area contributed by atoms with Gasteiger partial charge in [-0.3, -0.25) is 4.79 Å². The van der Waals surface area contributed by atoms with Crippen LogP contribution in [0.25, 0.3) is 0 Å². The number of nitrogens with zero attached hydrogens (tertiary/aromatic N) is 1. The molecule has 134 valence electrons. The summed E-state index contributed by atoms with van der Waals surface area (Å²) in [4.78, 5) is 12.3. The second kappa shape index (κ2) is 7.68. The average Bonchev–Trinajstić information content (AvgIpc) is 3.18. The van der Waals surface area contributed by atoms with Crippen molar-refractivity contribution in [1.29, 1.82) is 0 Å². The van der Waals surface area contributed by atoms with E-state index in [1.165, 1.54) is 21.2 Å². The molecule has 7 heteroatoms. The quantitative estimate of drug-likeness (QED) is 0.591. The SMILES string of the molecule is CCc1ccc(OC(=O)C2CCN(S(=O)(=O)c3cccs3)CC2)cc1. The van der Waals surface area contributed by atoms with Gasteiger partial charge in [-0.25, -0.2) is 8.42 Å². The smallest absolute Gasteiger partial charge is 0.314 e. The number of rotatable bonds is 5. The van der Waals surface area contributed by atoms with E-state index in [0.29, 0.717) is 35.9 Å². The lowest BCUT2D eigenvalue weighted by Crippen LogP contribution is -2.40. The first kappa shape index (κ1) is 18.1. The molecule has 2 aromatic rings. The third kappa shape index (κ3) is 4.11. The van der Waals surface area contributed by atoms with E-state index < -0.39 is 10.0 Å². The van der Waals surface area contributed by atoms with E-state index in [2.05, 4.69) is 6.92 Å². The van der Waals surface area contributed by atoms with Crippen molar-refractivity contribution in [3.8, 4) is 5.75 Å². The number of piperidine rings is 1. The summed E-state index contributed by atoms with van der Waals surface area (Å²) in [5.41, 5.74) is 1.19. The summed E-state index contributed by atoms with van der Waals surface area (Å²) in [5, 5.41) is 1.75. The molecule has 1 saturated heterocycles. The minimum atomic E-state index is -3.43. The summed E-state index contributed by atoms with van der Waals surface area (Å²) in [6, 6.07) is 10.8. The molecule has 25 heavy (non-hydrogen) atoms. The maximum atomic E-state index is 12.5. The van der Waals surface area contributed by atoms with Gasteiger partial charge >= 0.3 is 5.97 Å². The Balaban J connectivity index is 1.57. The summed E-state index contributed by atoms with van der Waals surface area (Å²) in [5.74, 6) is -0.00565. The van der Waals surface area contributed by atoms with Crippen molar-refractivity contribution in [2.75, 3.05) is 13.1 Å². The zero-order chi connectivity index (χ0) is 17.9. The molecule has 2 heterocycles. The Labute approximate surface area is 152 Å². The summed E-state index contributed by atoms with van der Waals surface area (Å²) in [6.07, 6.45) is 1.90. The zero-order valence-electron chi connectivity index (χ0n) is 14.1. The van der Waals surface area contributed by atoms with Gasteiger partial charge in [-0.2, -0.15) is 4.31 Å². The molecule has 0 radical (unpaired) electrons.